The van der Waals surface area contributed by atoms with E-state index in [-0.39, 0.29) is 17.8 Å². The lowest BCUT2D eigenvalue weighted by atomic mass is 10.2. The molecule has 0 spiro atoms. The van der Waals surface area contributed by atoms with Crippen LogP contribution in [0.4, 0.5) is 23.7 Å². The molecule has 0 aliphatic carbocycles. The molecule has 1 heterocycles. The number of benzene rings is 1. The van der Waals surface area contributed by atoms with Crippen molar-refractivity contribution in [3.63, 3.8) is 0 Å². The van der Waals surface area contributed by atoms with Gasteiger partial charge in [0.1, 0.15) is 5.75 Å². The van der Waals surface area contributed by atoms with E-state index in [4.69, 9.17) is 0 Å². The normalized spacial score (nSPS) is 19.2. The third-order valence-corrected chi connectivity index (χ3v) is 3.10. The minimum Gasteiger partial charge on any atom is -0.406 e. The Morgan fingerprint density at radius 1 is 1.38 bits per heavy atom. The van der Waals surface area contributed by atoms with Crippen LogP contribution in [0, 0.1) is 0 Å². The highest BCUT2D eigenvalue weighted by molar-refractivity contribution is 5.89. The molecule has 2 N–H and O–H groups in total. The first-order valence-corrected chi connectivity index (χ1v) is 6.49. The van der Waals surface area contributed by atoms with Gasteiger partial charge in [-0.2, -0.15) is 0 Å². The zero-order valence-electron chi connectivity index (χ0n) is 11.4. The van der Waals surface area contributed by atoms with Crippen molar-refractivity contribution in [3.8, 4) is 5.75 Å². The molecule has 1 aliphatic rings. The van der Waals surface area contributed by atoms with Gasteiger partial charge in [0.25, 0.3) is 0 Å². The van der Waals surface area contributed by atoms with Gasteiger partial charge in [0, 0.05) is 31.4 Å². The summed E-state index contributed by atoms with van der Waals surface area (Å²) in [4.78, 5) is 13.7. The Hall–Kier alpha value is -1.96. The molecule has 2 amide bonds. The molecule has 0 radical (unpaired) electrons. The zero-order chi connectivity index (χ0) is 15.5. The molecule has 1 aromatic rings. The molecule has 1 saturated heterocycles. The summed E-state index contributed by atoms with van der Waals surface area (Å²) in [7, 11) is 0. The van der Waals surface area contributed by atoms with Crippen molar-refractivity contribution in [2.45, 2.75) is 19.3 Å². The molecule has 5 nitrogen and oxygen atoms in total. The molecule has 0 aromatic heterocycles. The van der Waals surface area contributed by atoms with Crippen molar-refractivity contribution in [2.24, 2.45) is 0 Å². The molecule has 21 heavy (non-hydrogen) atoms. The highest BCUT2D eigenvalue weighted by Crippen LogP contribution is 2.24. The standard InChI is InChI=1S/C13H16F3N3O2/c1-9-8-17-6-7-19(9)12(20)18-10-2-4-11(5-3-10)21-13(14,15)16/h2-5,9,17H,6-8H2,1H3,(H,18,20)/t9-/m0/s1. The highest BCUT2D eigenvalue weighted by Gasteiger charge is 2.31. The summed E-state index contributed by atoms with van der Waals surface area (Å²) in [6, 6.07) is 4.84. The van der Waals surface area contributed by atoms with Gasteiger partial charge >= 0.3 is 12.4 Å². The van der Waals surface area contributed by atoms with Crippen LogP contribution in [0.25, 0.3) is 0 Å². The molecule has 1 aromatic carbocycles. The molecule has 1 aliphatic heterocycles. The van der Waals surface area contributed by atoms with Gasteiger partial charge in [-0.05, 0) is 31.2 Å². The molecule has 8 heteroatoms. The largest absolute Gasteiger partial charge is 0.573 e. The lowest BCUT2D eigenvalue weighted by Crippen LogP contribution is -2.53. The Morgan fingerprint density at radius 2 is 2.05 bits per heavy atom. The number of hydrogen-bond acceptors (Lipinski definition) is 3. The number of halogens is 3. The van der Waals surface area contributed by atoms with Crippen LogP contribution in [0.2, 0.25) is 0 Å². The molecule has 0 bridgehead atoms. The van der Waals surface area contributed by atoms with Gasteiger partial charge in [-0.15, -0.1) is 13.2 Å². The number of nitrogens with one attached hydrogen (secondary N) is 2. The van der Waals surface area contributed by atoms with E-state index in [1.165, 1.54) is 12.1 Å². The van der Waals surface area contributed by atoms with E-state index in [1.54, 1.807) is 4.90 Å². The van der Waals surface area contributed by atoms with Gasteiger partial charge in [-0.25, -0.2) is 4.79 Å². The quantitative estimate of drug-likeness (QED) is 0.882. The second kappa shape index (κ2) is 6.21. The number of ether oxygens (including phenoxy) is 1. The third kappa shape index (κ3) is 4.52. The van der Waals surface area contributed by atoms with Crippen LogP contribution in [0.3, 0.4) is 0 Å². The second-order valence-electron chi connectivity index (χ2n) is 4.75. The molecule has 116 valence electrons. The Labute approximate surface area is 120 Å². The Kier molecular flexibility index (Phi) is 4.56. The number of carbonyl (C=O) groups excluding carboxylic acids is 1. The summed E-state index contributed by atoms with van der Waals surface area (Å²) in [5, 5.41) is 5.82. The average Bonchev–Trinajstić information content (AvgIpc) is 2.40. The molecule has 1 fully saturated rings. The lowest BCUT2D eigenvalue weighted by molar-refractivity contribution is -0.274. The topological polar surface area (TPSA) is 53.6 Å². The monoisotopic (exact) mass is 303 g/mol. The lowest BCUT2D eigenvalue weighted by Gasteiger charge is -2.33. The smallest absolute Gasteiger partial charge is 0.406 e. The van der Waals surface area contributed by atoms with Crippen molar-refractivity contribution < 1.29 is 22.7 Å². The van der Waals surface area contributed by atoms with E-state index in [9.17, 15) is 18.0 Å². The van der Waals surface area contributed by atoms with Crippen LogP contribution in [-0.2, 0) is 0 Å². The Balaban J connectivity index is 1.95. The fourth-order valence-corrected chi connectivity index (χ4v) is 2.08. The maximum absolute atomic E-state index is 12.1. The summed E-state index contributed by atoms with van der Waals surface area (Å²) in [6.45, 7) is 3.94. The SMILES string of the molecule is C[C@H]1CNCCN1C(=O)Nc1ccc(OC(F)(F)F)cc1. The van der Waals surface area contributed by atoms with Crippen LogP contribution < -0.4 is 15.4 Å². The van der Waals surface area contributed by atoms with Crippen LogP contribution in [0.5, 0.6) is 5.75 Å². The fraction of sp³-hybridized carbons (Fsp3) is 0.462. The van der Waals surface area contributed by atoms with Crippen LogP contribution in [-0.4, -0.2) is 43.0 Å². The number of carbonyl (C=O) groups is 1. The number of hydrogen-bond donors (Lipinski definition) is 2. The predicted molar refractivity (Wildman–Crippen MR) is 71.2 cm³/mol. The number of anilines is 1. The molecular formula is C13H16F3N3O2. The van der Waals surface area contributed by atoms with Crippen molar-refractivity contribution >= 4 is 11.7 Å². The van der Waals surface area contributed by atoms with Crippen molar-refractivity contribution in [2.75, 3.05) is 25.0 Å². The second-order valence-corrected chi connectivity index (χ2v) is 4.75. The van der Waals surface area contributed by atoms with E-state index in [1.807, 2.05) is 6.92 Å². The van der Waals surface area contributed by atoms with E-state index in [2.05, 4.69) is 15.4 Å². The van der Waals surface area contributed by atoms with Crippen molar-refractivity contribution in [1.82, 2.24) is 10.2 Å². The molecule has 0 saturated carbocycles. The first-order chi connectivity index (χ1) is 9.85. The van der Waals surface area contributed by atoms with Crippen molar-refractivity contribution in [3.05, 3.63) is 24.3 Å². The number of urea groups is 1. The van der Waals surface area contributed by atoms with E-state index >= 15 is 0 Å². The van der Waals surface area contributed by atoms with Crippen molar-refractivity contribution in [1.29, 1.82) is 0 Å². The molecule has 0 unspecified atom stereocenters. The first-order valence-electron chi connectivity index (χ1n) is 6.49. The molecule has 2 rings (SSSR count). The minimum atomic E-state index is -4.72. The molecule has 1 atom stereocenters. The summed E-state index contributed by atoms with van der Waals surface area (Å²) >= 11 is 0. The fourth-order valence-electron chi connectivity index (χ4n) is 2.08. The number of rotatable bonds is 2. The Bertz CT molecular complexity index is 490. The van der Waals surface area contributed by atoms with Gasteiger partial charge in [-0.1, -0.05) is 0 Å². The first kappa shape index (κ1) is 15.4. The van der Waals surface area contributed by atoms with Gasteiger partial charge in [0.15, 0.2) is 0 Å². The number of piperazine rings is 1. The average molecular weight is 303 g/mol. The predicted octanol–water partition coefficient (Wildman–Crippen LogP) is 2.41. The van der Waals surface area contributed by atoms with Crippen LogP contribution in [0.15, 0.2) is 24.3 Å². The maximum Gasteiger partial charge on any atom is 0.573 e. The van der Waals surface area contributed by atoms with Gasteiger partial charge in [-0.3, -0.25) is 0 Å². The summed E-state index contributed by atoms with van der Waals surface area (Å²) in [6.07, 6.45) is -4.72. The third-order valence-electron chi connectivity index (χ3n) is 3.10. The van der Waals surface area contributed by atoms with Crippen LogP contribution >= 0.6 is 0 Å². The minimum absolute atomic E-state index is 0.0617. The van der Waals surface area contributed by atoms with Gasteiger partial charge < -0.3 is 20.3 Å². The maximum atomic E-state index is 12.1. The molecular weight excluding hydrogens is 287 g/mol. The highest BCUT2D eigenvalue weighted by atomic mass is 19.4. The Morgan fingerprint density at radius 3 is 2.62 bits per heavy atom. The van der Waals surface area contributed by atoms with Gasteiger partial charge in [0.2, 0.25) is 0 Å². The zero-order valence-corrected chi connectivity index (χ0v) is 11.4. The summed E-state index contributed by atoms with van der Waals surface area (Å²) < 4.78 is 39.9. The van der Waals surface area contributed by atoms with Gasteiger partial charge in [0.05, 0.1) is 0 Å². The number of alkyl halides is 3. The number of amides is 2. The van der Waals surface area contributed by atoms with E-state index in [0.29, 0.717) is 18.8 Å². The van der Waals surface area contributed by atoms with E-state index < -0.39 is 6.36 Å². The van der Waals surface area contributed by atoms with E-state index in [0.717, 1.165) is 18.7 Å². The summed E-state index contributed by atoms with van der Waals surface area (Å²) in [5.74, 6) is -0.323. The van der Waals surface area contributed by atoms with Crippen LogP contribution in [0.1, 0.15) is 6.92 Å². The summed E-state index contributed by atoms with van der Waals surface area (Å²) in [5.41, 5.74) is 0.417. The number of nitrogens with zero attached hydrogens (tertiary/aromatic N) is 1.